The summed E-state index contributed by atoms with van der Waals surface area (Å²) in [6.45, 7) is 2.12. The van der Waals surface area contributed by atoms with Crippen molar-refractivity contribution in [2.45, 2.75) is 36.5 Å². The molecule has 39 heavy (non-hydrogen) atoms. The maximum atomic E-state index is 12.9. The van der Waals surface area contributed by atoms with Gasteiger partial charge >= 0.3 is 0 Å². The summed E-state index contributed by atoms with van der Waals surface area (Å²) >= 11 is 0. The smallest absolute Gasteiger partial charge is 0.272 e. The van der Waals surface area contributed by atoms with Gasteiger partial charge in [0, 0.05) is 49.4 Å². The molecule has 0 unspecified atom stereocenters. The van der Waals surface area contributed by atoms with E-state index in [0.29, 0.717) is 55.0 Å². The summed E-state index contributed by atoms with van der Waals surface area (Å²) < 4.78 is 27.4. The average Bonchev–Trinajstić information content (AvgIpc) is 3.65. The SMILES string of the molecule is O=C(Nc1ccccc1)c1cc2c(C3CCCC3)nc(Nc3ccc(S(=O)(=O)N4CCNCC4)cn3)nc2[nH]1. The Morgan fingerprint density at radius 1 is 1.00 bits per heavy atom. The Hall–Kier alpha value is -3.87. The minimum absolute atomic E-state index is 0.149. The number of carbonyl (C=O) groups is 1. The number of H-pyrrole nitrogens is 1. The van der Waals surface area contributed by atoms with Crippen molar-refractivity contribution in [3.8, 4) is 0 Å². The van der Waals surface area contributed by atoms with Crippen LogP contribution in [0.5, 0.6) is 0 Å². The number of carbonyl (C=O) groups excluding carboxylic acids is 1. The number of rotatable bonds is 7. The third-order valence-corrected chi connectivity index (χ3v) is 9.11. The number of nitrogens with zero attached hydrogens (tertiary/aromatic N) is 4. The molecule has 1 saturated carbocycles. The first-order chi connectivity index (χ1) is 19.0. The summed E-state index contributed by atoms with van der Waals surface area (Å²) in [5, 5.41) is 10.0. The van der Waals surface area contributed by atoms with Crippen LogP contribution in [0.4, 0.5) is 17.5 Å². The molecule has 0 radical (unpaired) electrons. The molecular formula is C27H30N8O3S. The van der Waals surface area contributed by atoms with Gasteiger partial charge in [0.2, 0.25) is 16.0 Å². The van der Waals surface area contributed by atoms with Crippen molar-refractivity contribution in [1.82, 2.24) is 29.6 Å². The highest BCUT2D eigenvalue weighted by molar-refractivity contribution is 7.89. The fraction of sp³-hybridized carbons (Fsp3) is 0.333. The molecule has 202 valence electrons. The van der Waals surface area contributed by atoms with Crippen LogP contribution >= 0.6 is 0 Å². The second kappa shape index (κ2) is 10.7. The van der Waals surface area contributed by atoms with Crippen molar-refractivity contribution in [2.75, 3.05) is 36.8 Å². The molecule has 2 fully saturated rings. The lowest BCUT2D eigenvalue weighted by Crippen LogP contribution is -2.46. The Labute approximate surface area is 226 Å². The van der Waals surface area contributed by atoms with E-state index in [1.54, 1.807) is 12.1 Å². The molecule has 0 atom stereocenters. The summed E-state index contributed by atoms with van der Waals surface area (Å²) in [6, 6.07) is 14.3. The van der Waals surface area contributed by atoms with Crippen molar-refractivity contribution in [3.63, 3.8) is 0 Å². The molecule has 4 heterocycles. The maximum absolute atomic E-state index is 12.9. The standard InChI is InChI=1S/C27H30N8O3S/c36-26(30-19-8-2-1-3-9-19)22-16-21-24(18-6-4-5-7-18)33-27(34-25(21)31-22)32-23-11-10-20(17-29-23)39(37,38)35-14-12-28-13-15-35/h1-3,8-11,16-18,28H,4-7,12-15H2,(H,30,36)(H2,29,31,32,33,34). The average molecular weight is 547 g/mol. The van der Waals surface area contributed by atoms with Gasteiger partial charge in [-0.2, -0.15) is 9.29 Å². The summed E-state index contributed by atoms with van der Waals surface area (Å²) in [4.78, 5) is 30.0. The van der Waals surface area contributed by atoms with Crippen LogP contribution in [-0.2, 0) is 10.0 Å². The van der Waals surface area contributed by atoms with Crippen molar-refractivity contribution in [1.29, 1.82) is 0 Å². The van der Waals surface area contributed by atoms with Crippen LogP contribution in [-0.4, -0.2) is 64.7 Å². The highest BCUT2D eigenvalue weighted by Gasteiger charge is 2.27. The Morgan fingerprint density at radius 3 is 2.49 bits per heavy atom. The molecule has 4 aromatic rings. The molecule has 2 aliphatic rings. The number of sulfonamides is 1. The van der Waals surface area contributed by atoms with Crippen LogP contribution < -0.4 is 16.0 Å². The first-order valence-corrected chi connectivity index (χ1v) is 14.6. The second-order valence-corrected chi connectivity index (χ2v) is 11.8. The number of amides is 1. The largest absolute Gasteiger partial charge is 0.335 e. The summed E-state index contributed by atoms with van der Waals surface area (Å²) in [5.41, 5.74) is 2.57. The lowest BCUT2D eigenvalue weighted by molar-refractivity contribution is 0.102. The number of para-hydroxylation sites is 1. The minimum Gasteiger partial charge on any atom is -0.335 e. The number of piperazine rings is 1. The number of nitrogens with one attached hydrogen (secondary N) is 4. The molecule has 1 aromatic carbocycles. The molecule has 0 spiro atoms. The third-order valence-electron chi connectivity index (χ3n) is 7.22. The van der Waals surface area contributed by atoms with E-state index in [1.807, 2.05) is 36.4 Å². The van der Waals surface area contributed by atoms with Gasteiger partial charge in [-0.3, -0.25) is 4.79 Å². The van der Waals surface area contributed by atoms with Crippen LogP contribution in [0.1, 0.15) is 47.8 Å². The van der Waals surface area contributed by atoms with Gasteiger partial charge in [0.05, 0.1) is 5.69 Å². The molecule has 1 aliphatic heterocycles. The fourth-order valence-corrected chi connectivity index (χ4v) is 6.58. The van der Waals surface area contributed by atoms with Crippen molar-refractivity contribution < 1.29 is 13.2 Å². The van der Waals surface area contributed by atoms with Gasteiger partial charge in [-0.15, -0.1) is 0 Å². The highest BCUT2D eigenvalue weighted by Crippen LogP contribution is 2.37. The summed E-state index contributed by atoms with van der Waals surface area (Å²) in [5.74, 6) is 0.788. The first kappa shape index (κ1) is 25.4. The number of pyridine rings is 1. The predicted octanol–water partition coefficient (Wildman–Crippen LogP) is 3.60. The molecule has 4 N–H and O–H groups in total. The van der Waals surface area contributed by atoms with E-state index < -0.39 is 10.0 Å². The zero-order valence-corrected chi connectivity index (χ0v) is 22.2. The van der Waals surface area contributed by atoms with Crippen LogP contribution in [0.15, 0.2) is 59.6 Å². The van der Waals surface area contributed by atoms with Gasteiger partial charge in [-0.25, -0.2) is 18.4 Å². The number of benzene rings is 1. The lowest BCUT2D eigenvalue weighted by atomic mass is 10.0. The fourth-order valence-electron chi connectivity index (χ4n) is 5.20. The second-order valence-electron chi connectivity index (χ2n) is 9.84. The molecule has 1 saturated heterocycles. The van der Waals surface area contributed by atoms with Crippen molar-refractivity contribution in [2.24, 2.45) is 0 Å². The molecule has 12 heteroatoms. The minimum atomic E-state index is -3.60. The Morgan fingerprint density at radius 2 is 1.77 bits per heavy atom. The monoisotopic (exact) mass is 546 g/mol. The van der Waals surface area contributed by atoms with Gasteiger partial charge in [0.25, 0.3) is 5.91 Å². The number of aromatic amines is 1. The zero-order chi connectivity index (χ0) is 26.8. The van der Waals surface area contributed by atoms with Crippen LogP contribution in [0.2, 0.25) is 0 Å². The van der Waals surface area contributed by atoms with Gasteiger partial charge in [-0.1, -0.05) is 31.0 Å². The van der Waals surface area contributed by atoms with Crippen LogP contribution in [0, 0.1) is 0 Å². The van der Waals surface area contributed by atoms with Crippen LogP contribution in [0.3, 0.4) is 0 Å². The first-order valence-electron chi connectivity index (χ1n) is 13.2. The Bertz CT molecular complexity index is 1580. The van der Waals surface area contributed by atoms with Gasteiger partial charge in [0.15, 0.2) is 0 Å². The van der Waals surface area contributed by atoms with Gasteiger partial charge < -0.3 is 20.9 Å². The predicted molar refractivity (Wildman–Crippen MR) is 149 cm³/mol. The molecule has 6 rings (SSSR count). The van der Waals surface area contributed by atoms with E-state index >= 15 is 0 Å². The van der Waals surface area contributed by atoms with E-state index in [0.717, 1.165) is 36.8 Å². The summed E-state index contributed by atoms with van der Waals surface area (Å²) in [6.07, 6.45) is 5.68. The third kappa shape index (κ3) is 5.35. The van der Waals surface area contributed by atoms with Crippen molar-refractivity contribution >= 4 is 44.4 Å². The highest BCUT2D eigenvalue weighted by atomic mass is 32.2. The number of aromatic nitrogens is 4. The maximum Gasteiger partial charge on any atom is 0.272 e. The lowest BCUT2D eigenvalue weighted by Gasteiger charge is -2.26. The number of hydrogen-bond acceptors (Lipinski definition) is 8. The van der Waals surface area contributed by atoms with E-state index in [9.17, 15) is 13.2 Å². The van der Waals surface area contributed by atoms with Gasteiger partial charge in [-0.05, 0) is 43.2 Å². The molecular weight excluding hydrogens is 516 g/mol. The van der Waals surface area contributed by atoms with Crippen LogP contribution in [0.25, 0.3) is 11.0 Å². The molecule has 1 aliphatic carbocycles. The quantitative estimate of drug-likeness (QED) is 0.275. The molecule has 0 bridgehead atoms. The number of fused-ring (bicyclic) bond motifs is 1. The van der Waals surface area contributed by atoms with Crippen molar-refractivity contribution in [3.05, 3.63) is 66.1 Å². The zero-order valence-electron chi connectivity index (χ0n) is 21.4. The topological polar surface area (TPSA) is 145 Å². The Kier molecular flexibility index (Phi) is 6.98. The van der Waals surface area contributed by atoms with E-state index in [4.69, 9.17) is 4.98 Å². The summed E-state index contributed by atoms with van der Waals surface area (Å²) in [7, 11) is -3.60. The molecule has 11 nitrogen and oxygen atoms in total. The number of hydrogen-bond donors (Lipinski definition) is 4. The van der Waals surface area contributed by atoms with Gasteiger partial charge in [0.1, 0.15) is 22.1 Å². The van der Waals surface area contributed by atoms with E-state index in [-0.39, 0.29) is 16.7 Å². The molecule has 1 amide bonds. The molecule has 3 aromatic heterocycles. The Balaban J connectivity index is 1.27. The normalized spacial score (nSPS) is 16.9. The van der Waals surface area contributed by atoms with E-state index in [2.05, 4.69) is 30.9 Å². The number of anilines is 3. The van der Waals surface area contributed by atoms with E-state index in [1.165, 1.54) is 10.5 Å².